The van der Waals surface area contributed by atoms with E-state index in [0.29, 0.717) is 18.6 Å². The highest BCUT2D eigenvalue weighted by molar-refractivity contribution is 6.24. The number of ether oxygens (including phenoxy) is 1. The molecule has 3 N–H and O–H groups in total. The number of aliphatic carboxylic acids is 1. The number of benzene rings is 2. The normalized spacial score (nSPS) is 26.3. The van der Waals surface area contributed by atoms with Crippen molar-refractivity contribution in [3.05, 3.63) is 83.5 Å². The number of nitrogens with one attached hydrogen (secondary N) is 2. The Morgan fingerprint density at radius 1 is 1.04 bits per heavy atom. The van der Waals surface area contributed by atoms with Gasteiger partial charge in [-0.3, -0.25) is 9.59 Å². The molecule has 0 bridgehead atoms. The summed E-state index contributed by atoms with van der Waals surface area (Å²) < 4.78 is 5.38. The fourth-order valence-corrected chi connectivity index (χ4v) is 6.17. The van der Waals surface area contributed by atoms with Crippen LogP contribution in [0.3, 0.4) is 0 Å². The number of hydrogen-bond acceptors (Lipinski definition) is 7. The first-order chi connectivity index (χ1) is 21.5. The molecule has 1 heterocycles. The first-order valence-corrected chi connectivity index (χ1v) is 15.1. The molecule has 6 rings (SSSR count). The lowest BCUT2D eigenvalue weighted by atomic mass is 9.98. The van der Waals surface area contributed by atoms with Gasteiger partial charge in [-0.2, -0.15) is 0 Å². The molecule has 11 nitrogen and oxygen atoms in total. The minimum atomic E-state index is -1.43. The van der Waals surface area contributed by atoms with Crippen LogP contribution < -0.4 is 10.7 Å². The summed E-state index contributed by atoms with van der Waals surface area (Å²) in [7, 11) is 0. The van der Waals surface area contributed by atoms with Crippen LogP contribution in [0, 0.1) is 11.8 Å². The van der Waals surface area contributed by atoms with Gasteiger partial charge in [-0.05, 0) is 57.2 Å². The minimum Gasteiger partial charge on any atom is -0.479 e. The van der Waals surface area contributed by atoms with Crippen molar-refractivity contribution in [2.24, 2.45) is 17.0 Å². The summed E-state index contributed by atoms with van der Waals surface area (Å²) in [5, 5.41) is 18.4. The predicted molar refractivity (Wildman–Crippen MR) is 165 cm³/mol. The number of rotatable bonds is 4. The fourth-order valence-electron chi connectivity index (χ4n) is 6.17. The first kappa shape index (κ1) is 30.1. The zero-order valence-electron chi connectivity index (χ0n) is 25.4. The molecule has 1 saturated carbocycles. The van der Waals surface area contributed by atoms with Gasteiger partial charge in [-0.1, -0.05) is 65.8 Å². The van der Waals surface area contributed by atoms with Crippen LogP contribution in [0.5, 0.6) is 0 Å². The van der Waals surface area contributed by atoms with Crippen LogP contribution in [0.4, 0.5) is 4.79 Å². The van der Waals surface area contributed by atoms with Crippen molar-refractivity contribution < 1.29 is 33.9 Å². The van der Waals surface area contributed by atoms with Gasteiger partial charge in [0.25, 0.3) is 5.91 Å². The maximum atomic E-state index is 14.0. The molecule has 2 aromatic rings. The standard InChI is InChI=1S/C34H36N4O7/c1-33(2,3)44-32(43)36-38-16-10-4-5-11-20-19-34(20,31(41)42)35-29(39)26-17-21(18-27(26)30(38)40)45-37-28-24-14-8-6-12-22(24)23-13-7-9-15-25(23)28/h5-9,11-15,18,20-21,26H,4,10,16-17,19H2,1-3H3,(H,35,39)(H,36,43)(H,41,42)/b11-5-/t20-,21+,26+,34+/m0/s1. The number of amides is 3. The van der Waals surface area contributed by atoms with Gasteiger partial charge in [0.2, 0.25) is 5.91 Å². The molecule has 0 radical (unpaired) electrons. The summed E-state index contributed by atoms with van der Waals surface area (Å²) >= 11 is 0. The molecule has 234 valence electrons. The first-order valence-electron chi connectivity index (χ1n) is 15.1. The third kappa shape index (κ3) is 5.94. The van der Waals surface area contributed by atoms with Gasteiger partial charge in [0.15, 0.2) is 0 Å². The largest absolute Gasteiger partial charge is 0.479 e. The molecule has 2 aromatic carbocycles. The van der Waals surface area contributed by atoms with Crippen molar-refractivity contribution in [2.45, 2.75) is 63.7 Å². The van der Waals surface area contributed by atoms with E-state index >= 15 is 0 Å². The number of carbonyl (C=O) groups is 4. The van der Waals surface area contributed by atoms with Crippen LogP contribution in [-0.2, 0) is 24.0 Å². The summed E-state index contributed by atoms with van der Waals surface area (Å²) in [6.45, 7) is 5.29. The monoisotopic (exact) mass is 612 g/mol. The molecule has 0 unspecified atom stereocenters. The van der Waals surface area contributed by atoms with E-state index in [-0.39, 0.29) is 30.9 Å². The molecular weight excluding hydrogens is 576 g/mol. The molecule has 1 aliphatic heterocycles. The van der Waals surface area contributed by atoms with Gasteiger partial charge in [0, 0.05) is 35.6 Å². The second-order valence-corrected chi connectivity index (χ2v) is 12.8. The van der Waals surface area contributed by atoms with E-state index in [1.165, 1.54) is 0 Å². The third-order valence-electron chi connectivity index (χ3n) is 8.44. The Hall–Kier alpha value is -4.93. The molecule has 4 aliphatic rings. The molecule has 0 aromatic heterocycles. The third-order valence-corrected chi connectivity index (χ3v) is 8.44. The quantitative estimate of drug-likeness (QED) is 0.294. The van der Waals surface area contributed by atoms with Crippen molar-refractivity contribution in [3.63, 3.8) is 0 Å². The highest BCUT2D eigenvalue weighted by Crippen LogP contribution is 2.46. The topological polar surface area (TPSA) is 147 Å². The van der Waals surface area contributed by atoms with Crippen LogP contribution in [-0.4, -0.2) is 63.5 Å². The summed E-state index contributed by atoms with van der Waals surface area (Å²) in [6, 6.07) is 15.7. The highest BCUT2D eigenvalue weighted by atomic mass is 16.6. The van der Waals surface area contributed by atoms with Crippen molar-refractivity contribution in [1.82, 2.24) is 15.8 Å². The van der Waals surface area contributed by atoms with E-state index in [4.69, 9.17) is 9.57 Å². The molecule has 3 amide bonds. The van der Waals surface area contributed by atoms with E-state index in [1.807, 2.05) is 54.6 Å². The highest BCUT2D eigenvalue weighted by Gasteiger charge is 2.61. The van der Waals surface area contributed by atoms with E-state index in [1.54, 1.807) is 32.9 Å². The number of nitrogens with zero attached hydrogens (tertiary/aromatic N) is 2. The summed E-state index contributed by atoms with van der Waals surface area (Å²) in [5.41, 5.74) is 4.92. The van der Waals surface area contributed by atoms with Crippen molar-refractivity contribution in [1.29, 1.82) is 0 Å². The van der Waals surface area contributed by atoms with E-state index in [9.17, 15) is 24.3 Å². The Balaban J connectivity index is 1.31. The van der Waals surface area contributed by atoms with Crippen LogP contribution in [0.1, 0.15) is 57.6 Å². The van der Waals surface area contributed by atoms with E-state index in [0.717, 1.165) is 27.3 Å². The van der Waals surface area contributed by atoms with Crippen LogP contribution in [0.15, 0.2) is 77.5 Å². The predicted octanol–water partition coefficient (Wildman–Crippen LogP) is 4.33. The SMILES string of the molecule is CC(C)(C)OC(=O)NN1CCC/C=C\[C@H]2C[C@@]2(C(=O)O)NC(=O)[C@@H]2C[C@@H](ON=C3c4ccccc4-c4ccccc43)C=C2C1=O. The number of carboxylic acids is 1. The van der Waals surface area contributed by atoms with Gasteiger partial charge >= 0.3 is 12.1 Å². The van der Waals surface area contributed by atoms with Gasteiger partial charge in [-0.15, -0.1) is 0 Å². The average molecular weight is 613 g/mol. The summed E-state index contributed by atoms with van der Waals surface area (Å²) in [5.74, 6) is -3.71. The molecular formula is C34H36N4O7. The van der Waals surface area contributed by atoms with E-state index in [2.05, 4.69) is 15.9 Å². The lowest BCUT2D eigenvalue weighted by Crippen LogP contribution is -2.51. The maximum Gasteiger partial charge on any atom is 0.426 e. The van der Waals surface area contributed by atoms with Gasteiger partial charge in [-0.25, -0.2) is 20.0 Å². The Kier molecular flexibility index (Phi) is 7.72. The second-order valence-electron chi connectivity index (χ2n) is 12.8. The second kappa shape index (κ2) is 11.5. The Bertz CT molecular complexity index is 1610. The summed E-state index contributed by atoms with van der Waals surface area (Å²) in [4.78, 5) is 58.7. The molecule has 3 aliphatic carbocycles. The number of carbonyl (C=O) groups excluding carboxylic acids is 3. The van der Waals surface area contributed by atoms with Crippen molar-refractivity contribution >= 4 is 29.6 Å². The Morgan fingerprint density at radius 2 is 1.69 bits per heavy atom. The number of oxime groups is 1. The molecule has 0 saturated heterocycles. The van der Waals surface area contributed by atoms with Crippen LogP contribution >= 0.6 is 0 Å². The minimum absolute atomic E-state index is 0.0590. The lowest BCUT2D eigenvalue weighted by molar-refractivity contribution is -0.144. The average Bonchev–Trinajstić information content (AvgIpc) is 3.36. The number of fused-ring (bicyclic) bond motifs is 5. The molecule has 11 heteroatoms. The molecule has 1 fully saturated rings. The molecule has 0 spiro atoms. The smallest absolute Gasteiger partial charge is 0.426 e. The van der Waals surface area contributed by atoms with Gasteiger partial charge in [0.1, 0.15) is 23.0 Å². The van der Waals surface area contributed by atoms with Crippen molar-refractivity contribution in [3.8, 4) is 11.1 Å². The maximum absolute atomic E-state index is 14.0. The van der Waals surface area contributed by atoms with Gasteiger partial charge in [0.05, 0.1) is 5.92 Å². The van der Waals surface area contributed by atoms with Crippen LogP contribution in [0.2, 0.25) is 0 Å². The van der Waals surface area contributed by atoms with Crippen LogP contribution in [0.25, 0.3) is 11.1 Å². The van der Waals surface area contributed by atoms with Gasteiger partial charge < -0.3 is 20.0 Å². The molecule has 45 heavy (non-hydrogen) atoms. The van der Waals surface area contributed by atoms with E-state index < -0.39 is 47.0 Å². The summed E-state index contributed by atoms with van der Waals surface area (Å²) in [6.07, 6.45) is 4.96. The number of allylic oxidation sites excluding steroid dienone is 1. The number of hydrazine groups is 1. The molecule has 4 atom stereocenters. The Labute approximate surface area is 260 Å². The van der Waals surface area contributed by atoms with Crippen molar-refractivity contribution in [2.75, 3.05) is 6.54 Å². The number of carboxylic acid groups (broad SMARTS) is 1. The Morgan fingerprint density at radius 3 is 2.31 bits per heavy atom. The zero-order valence-corrected chi connectivity index (χ0v) is 25.4. The number of hydrogen-bond donors (Lipinski definition) is 3. The fraction of sp³-hybridized carbons (Fsp3) is 0.382. The zero-order chi connectivity index (χ0) is 31.9. The lowest BCUT2D eigenvalue weighted by Gasteiger charge is -2.27.